The molecule has 0 spiro atoms. The van der Waals surface area contributed by atoms with Crippen LogP contribution >= 0.6 is 0 Å². The lowest BCUT2D eigenvalue weighted by atomic mass is 9.84. The Bertz CT molecular complexity index is 963. The molecule has 184 valence electrons. The Balaban J connectivity index is 1.80. The lowest BCUT2D eigenvalue weighted by Gasteiger charge is -2.24. The minimum atomic E-state index is -0.278. The van der Waals surface area contributed by atoms with Crippen molar-refractivity contribution in [3.05, 3.63) is 70.8 Å². The average molecular weight is 467 g/mol. The van der Waals surface area contributed by atoms with Gasteiger partial charge in [-0.05, 0) is 67.9 Å². The van der Waals surface area contributed by atoms with Gasteiger partial charge in [-0.25, -0.2) is 4.79 Å². The highest BCUT2D eigenvalue weighted by Gasteiger charge is 2.39. The molecule has 2 aromatic carbocycles. The van der Waals surface area contributed by atoms with Crippen LogP contribution in [0.1, 0.15) is 56.4 Å². The fourth-order valence-electron chi connectivity index (χ4n) is 4.46. The SMILES string of the molecule is C/C=C(/C)C(=O)OC[C@H]1[C@@H](Cc2ccc(CCCC)cc2)CO[C@@H]1c1ccc(OC)c(OC)c1. The molecule has 2 aromatic rings. The van der Waals surface area contributed by atoms with Gasteiger partial charge in [-0.1, -0.05) is 49.8 Å². The number of carbonyl (C=O) groups is 1. The summed E-state index contributed by atoms with van der Waals surface area (Å²) in [5, 5.41) is 0. The number of carbonyl (C=O) groups excluding carboxylic acids is 1. The largest absolute Gasteiger partial charge is 0.493 e. The Morgan fingerprint density at radius 3 is 2.41 bits per heavy atom. The van der Waals surface area contributed by atoms with Crippen LogP contribution in [-0.2, 0) is 27.1 Å². The van der Waals surface area contributed by atoms with Crippen molar-refractivity contribution in [3.63, 3.8) is 0 Å². The first-order valence-electron chi connectivity index (χ1n) is 12.2. The van der Waals surface area contributed by atoms with Crippen LogP contribution in [0.4, 0.5) is 0 Å². The zero-order chi connectivity index (χ0) is 24.5. The van der Waals surface area contributed by atoms with Crippen molar-refractivity contribution in [2.75, 3.05) is 27.4 Å². The molecule has 0 unspecified atom stereocenters. The number of hydrogen-bond acceptors (Lipinski definition) is 5. The molecule has 5 nitrogen and oxygen atoms in total. The van der Waals surface area contributed by atoms with Crippen LogP contribution in [0, 0.1) is 11.8 Å². The number of hydrogen-bond donors (Lipinski definition) is 0. The number of allylic oxidation sites excluding steroid dienone is 1. The summed E-state index contributed by atoms with van der Waals surface area (Å²) in [4.78, 5) is 12.4. The molecule has 0 amide bonds. The lowest BCUT2D eigenvalue weighted by molar-refractivity contribution is -0.141. The predicted molar refractivity (Wildman–Crippen MR) is 134 cm³/mol. The predicted octanol–water partition coefficient (Wildman–Crippen LogP) is 6.10. The summed E-state index contributed by atoms with van der Waals surface area (Å²) in [7, 11) is 3.25. The van der Waals surface area contributed by atoms with E-state index >= 15 is 0 Å². The molecule has 3 atom stereocenters. The summed E-state index contributed by atoms with van der Waals surface area (Å²) in [6.07, 6.45) is 5.99. The normalized spacial score (nSPS) is 20.3. The van der Waals surface area contributed by atoms with E-state index in [1.54, 1.807) is 27.2 Å². The van der Waals surface area contributed by atoms with E-state index in [1.807, 2.05) is 25.1 Å². The second-order valence-electron chi connectivity index (χ2n) is 8.99. The Morgan fingerprint density at radius 1 is 1.06 bits per heavy atom. The van der Waals surface area contributed by atoms with Gasteiger partial charge in [0.15, 0.2) is 11.5 Å². The number of rotatable bonds is 11. The van der Waals surface area contributed by atoms with Gasteiger partial charge >= 0.3 is 5.97 Å². The Morgan fingerprint density at radius 2 is 1.76 bits per heavy atom. The fraction of sp³-hybridized carbons (Fsp3) is 0.483. The zero-order valence-corrected chi connectivity index (χ0v) is 21.1. The molecule has 1 saturated heterocycles. The van der Waals surface area contributed by atoms with E-state index in [2.05, 4.69) is 31.2 Å². The summed E-state index contributed by atoms with van der Waals surface area (Å²) in [5.41, 5.74) is 4.27. The van der Waals surface area contributed by atoms with Crippen LogP contribution < -0.4 is 9.47 Å². The quantitative estimate of drug-likeness (QED) is 0.296. The molecule has 34 heavy (non-hydrogen) atoms. The molecule has 1 fully saturated rings. The van der Waals surface area contributed by atoms with E-state index < -0.39 is 0 Å². The third-order valence-corrected chi connectivity index (χ3v) is 6.72. The highest BCUT2D eigenvalue weighted by molar-refractivity contribution is 5.87. The minimum Gasteiger partial charge on any atom is -0.493 e. The molecule has 5 heteroatoms. The summed E-state index contributed by atoms with van der Waals surface area (Å²) in [6.45, 7) is 6.75. The molecule has 3 rings (SSSR count). The highest BCUT2D eigenvalue weighted by atomic mass is 16.5. The smallest absolute Gasteiger partial charge is 0.333 e. The molecule has 0 radical (unpaired) electrons. The second kappa shape index (κ2) is 12.6. The number of esters is 1. The number of aryl methyl sites for hydroxylation is 1. The van der Waals surface area contributed by atoms with E-state index in [4.69, 9.17) is 18.9 Å². The van der Waals surface area contributed by atoms with Crippen molar-refractivity contribution in [2.45, 2.75) is 52.6 Å². The highest BCUT2D eigenvalue weighted by Crippen LogP contribution is 2.42. The van der Waals surface area contributed by atoms with E-state index in [1.165, 1.54) is 24.0 Å². The van der Waals surface area contributed by atoms with Gasteiger partial charge in [0.25, 0.3) is 0 Å². The molecule has 1 aliphatic rings. The molecule has 1 aliphatic heterocycles. The average Bonchev–Trinajstić information content (AvgIpc) is 3.27. The van der Waals surface area contributed by atoms with Crippen molar-refractivity contribution in [1.29, 1.82) is 0 Å². The van der Waals surface area contributed by atoms with Gasteiger partial charge in [0.1, 0.15) is 0 Å². The van der Waals surface area contributed by atoms with Crippen molar-refractivity contribution in [3.8, 4) is 11.5 Å². The molecule has 1 heterocycles. The summed E-state index contributed by atoms with van der Waals surface area (Å²) in [5.74, 6) is 1.33. The lowest BCUT2D eigenvalue weighted by Crippen LogP contribution is -2.24. The monoisotopic (exact) mass is 466 g/mol. The minimum absolute atomic E-state index is 0.0338. The van der Waals surface area contributed by atoms with Crippen molar-refractivity contribution in [1.82, 2.24) is 0 Å². The Hall–Kier alpha value is -2.79. The van der Waals surface area contributed by atoms with Crippen molar-refractivity contribution >= 4 is 5.97 Å². The zero-order valence-electron chi connectivity index (χ0n) is 21.1. The van der Waals surface area contributed by atoms with E-state index in [9.17, 15) is 4.79 Å². The molecule has 0 N–H and O–H groups in total. The van der Waals surface area contributed by atoms with Crippen LogP contribution in [0.15, 0.2) is 54.1 Å². The molecular formula is C29H38O5. The molecule has 0 aromatic heterocycles. The molecule has 0 bridgehead atoms. The third kappa shape index (κ3) is 6.41. The first kappa shape index (κ1) is 25.8. The van der Waals surface area contributed by atoms with E-state index in [-0.39, 0.29) is 23.9 Å². The standard InChI is InChI=1S/C29H38O5/c1-6-8-9-21-10-12-22(13-11-21)16-24-18-33-28(25(24)19-34-29(30)20(3)7-2)23-14-15-26(31-4)27(17-23)32-5/h7,10-15,17,24-25,28H,6,8-9,16,18-19H2,1-5H3/b20-7-/t24-,25-,28+/m0/s1. The first-order chi connectivity index (χ1) is 16.5. The third-order valence-electron chi connectivity index (χ3n) is 6.72. The summed E-state index contributed by atoms with van der Waals surface area (Å²) >= 11 is 0. The maximum atomic E-state index is 12.4. The number of ether oxygens (including phenoxy) is 4. The van der Waals surface area contributed by atoms with Crippen LogP contribution in [-0.4, -0.2) is 33.4 Å². The van der Waals surface area contributed by atoms with Gasteiger partial charge in [-0.3, -0.25) is 0 Å². The van der Waals surface area contributed by atoms with Crippen LogP contribution in [0.2, 0.25) is 0 Å². The number of benzene rings is 2. The Kier molecular flexibility index (Phi) is 9.58. The molecule has 0 aliphatic carbocycles. The number of methoxy groups -OCH3 is 2. The van der Waals surface area contributed by atoms with E-state index in [0.717, 1.165) is 18.4 Å². The number of unbranched alkanes of at least 4 members (excludes halogenated alkanes) is 1. The molecular weight excluding hydrogens is 428 g/mol. The van der Waals surface area contributed by atoms with Crippen LogP contribution in [0.3, 0.4) is 0 Å². The maximum absolute atomic E-state index is 12.4. The summed E-state index contributed by atoms with van der Waals surface area (Å²) in [6, 6.07) is 14.8. The van der Waals surface area contributed by atoms with E-state index in [0.29, 0.717) is 30.3 Å². The van der Waals surface area contributed by atoms with Crippen molar-refractivity contribution < 1.29 is 23.7 Å². The van der Waals surface area contributed by atoms with Crippen LogP contribution in [0.5, 0.6) is 11.5 Å². The van der Waals surface area contributed by atoms with Crippen molar-refractivity contribution in [2.24, 2.45) is 11.8 Å². The first-order valence-corrected chi connectivity index (χ1v) is 12.2. The fourth-order valence-corrected chi connectivity index (χ4v) is 4.46. The molecule has 0 saturated carbocycles. The maximum Gasteiger partial charge on any atom is 0.333 e. The van der Waals surface area contributed by atoms with Gasteiger partial charge in [-0.15, -0.1) is 0 Å². The summed E-state index contributed by atoms with van der Waals surface area (Å²) < 4.78 is 22.9. The van der Waals surface area contributed by atoms with Gasteiger partial charge in [-0.2, -0.15) is 0 Å². The van der Waals surface area contributed by atoms with Gasteiger partial charge in [0, 0.05) is 11.5 Å². The Labute approximate surface area is 204 Å². The van der Waals surface area contributed by atoms with Gasteiger partial charge in [0.05, 0.1) is 33.5 Å². The van der Waals surface area contributed by atoms with Gasteiger partial charge < -0.3 is 18.9 Å². The van der Waals surface area contributed by atoms with Gasteiger partial charge in [0.2, 0.25) is 0 Å². The second-order valence-corrected chi connectivity index (χ2v) is 8.99. The van der Waals surface area contributed by atoms with Crippen LogP contribution in [0.25, 0.3) is 0 Å². The topological polar surface area (TPSA) is 54.0 Å².